The summed E-state index contributed by atoms with van der Waals surface area (Å²) in [5.74, 6) is -0.630. The molecular weight excluding hydrogens is 592 g/mol. The molecule has 0 bridgehead atoms. The summed E-state index contributed by atoms with van der Waals surface area (Å²) in [6.45, 7) is 2.03. The lowest BCUT2D eigenvalue weighted by molar-refractivity contribution is -0.141. The minimum atomic E-state index is -0.833. The number of nitrogens with two attached hydrogens (primary N) is 2. The minimum absolute atomic E-state index is 0.158. The molecule has 10 nitrogen and oxygen atoms in total. The molecule has 4 aromatic rings. The largest absolute Gasteiger partial charge is 0.466 e. The highest BCUT2D eigenvalue weighted by molar-refractivity contribution is 7.71. The zero-order valence-corrected chi connectivity index (χ0v) is 23.8. The van der Waals surface area contributed by atoms with Crippen molar-refractivity contribution >= 4 is 80.9 Å². The molecule has 0 aromatic carbocycles. The van der Waals surface area contributed by atoms with Crippen LogP contribution in [0.25, 0.3) is 10.6 Å². The van der Waals surface area contributed by atoms with Crippen LogP contribution < -0.4 is 17.0 Å². The lowest BCUT2D eigenvalue weighted by Crippen LogP contribution is -2.18. The van der Waals surface area contributed by atoms with Crippen LogP contribution in [0.5, 0.6) is 0 Å². The molecule has 0 atom stereocenters. The molecule has 6 N–H and O–H groups in total. The zero-order chi connectivity index (χ0) is 28.5. The Hall–Kier alpha value is -3.43. The Labute approximate surface area is 239 Å². The molecule has 0 unspecified atom stereocenters. The average Bonchev–Trinajstić information content (AvgIpc) is 3.63. The lowest BCUT2D eigenvalue weighted by atomic mass is 10.2. The van der Waals surface area contributed by atoms with Crippen LogP contribution in [0.3, 0.4) is 0 Å². The van der Waals surface area contributed by atoms with Crippen LogP contribution in [-0.4, -0.2) is 39.6 Å². The second-order valence-electron chi connectivity index (χ2n) is 6.51. The number of carbonyl (C=O) groups is 4. The summed E-state index contributed by atoms with van der Waals surface area (Å²) in [5, 5.41) is 5.20. The van der Waals surface area contributed by atoms with Gasteiger partial charge in [-0.25, -0.2) is 4.79 Å². The molecule has 0 aliphatic carbocycles. The first kappa shape index (κ1) is 32.6. The smallest absolute Gasteiger partial charge is 0.313 e. The van der Waals surface area contributed by atoms with Gasteiger partial charge in [-0.15, -0.1) is 34.0 Å². The van der Waals surface area contributed by atoms with Crippen molar-refractivity contribution in [2.24, 2.45) is 11.5 Å². The number of hydrogen-bond donors (Lipinski definition) is 4. The van der Waals surface area contributed by atoms with Crippen molar-refractivity contribution in [3.63, 3.8) is 0 Å². The maximum atomic E-state index is 11.3. The van der Waals surface area contributed by atoms with Crippen molar-refractivity contribution in [3.05, 3.63) is 83.5 Å². The SMILES string of the molecule is CCOC(=O)CC(=O)c1cccs1.NC(N)=O.O=C(Cl)c1cccs1.O=c1cc(-c2cccs2)[nH]c(=S)[nH]1. The second-order valence-corrected chi connectivity index (χ2v) is 10.1. The van der Waals surface area contributed by atoms with Crippen LogP contribution in [0.2, 0.25) is 0 Å². The van der Waals surface area contributed by atoms with E-state index in [0.29, 0.717) is 21.1 Å². The molecule has 0 saturated carbocycles. The minimum Gasteiger partial charge on any atom is -0.466 e. The van der Waals surface area contributed by atoms with Gasteiger partial charge in [-0.3, -0.25) is 24.2 Å². The molecule has 0 aliphatic rings. The first-order valence-corrected chi connectivity index (χ1v) is 13.8. The van der Waals surface area contributed by atoms with Crippen LogP contribution in [-0.2, 0) is 9.53 Å². The number of aromatic nitrogens is 2. The highest BCUT2D eigenvalue weighted by atomic mass is 35.5. The van der Waals surface area contributed by atoms with E-state index in [4.69, 9.17) is 28.6 Å². The van der Waals surface area contributed by atoms with Crippen molar-refractivity contribution in [1.29, 1.82) is 0 Å². The molecular formula is C23H23ClN4O6S4. The first-order valence-electron chi connectivity index (χ1n) is 10.4. The lowest BCUT2D eigenvalue weighted by Gasteiger charge is -1.98. The van der Waals surface area contributed by atoms with Crippen molar-refractivity contribution in [3.8, 4) is 10.6 Å². The number of H-pyrrole nitrogens is 2. The fourth-order valence-corrected chi connectivity index (χ4v) is 4.61. The number of amides is 2. The molecule has 0 radical (unpaired) electrons. The Morgan fingerprint density at radius 3 is 1.92 bits per heavy atom. The molecule has 15 heteroatoms. The van der Waals surface area contributed by atoms with E-state index in [9.17, 15) is 19.2 Å². The summed E-state index contributed by atoms with van der Waals surface area (Å²) in [6, 6.07) is 11.5. The van der Waals surface area contributed by atoms with Gasteiger partial charge in [0.1, 0.15) is 6.42 Å². The standard InChI is InChI=1S/C9H10O3S.C8H6N2OS2.C5H3ClOS.CH4N2O/c1-2-12-9(11)6-7(10)8-4-3-5-13-8;11-7-4-5(9-8(12)10-7)6-2-1-3-13-6;6-5(7)4-2-1-3-8-4;2-1(3)4/h3-5H,2,6H2,1H3;1-4H,(H2,9,10,11,12);1-3H;(H4,2,3,4). The molecule has 4 rings (SSSR count). The maximum absolute atomic E-state index is 11.3. The normalized spacial score (nSPS) is 9.32. The van der Waals surface area contributed by atoms with E-state index in [1.165, 1.54) is 28.7 Å². The third-order valence-corrected chi connectivity index (χ3v) is 6.87. The third-order valence-electron chi connectivity index (χ3n) is 3.67. The first-order chi connectivity index (χ1) is 18.0. The van der Waals surface area contributed by atoms with Gasteiger partial charge in [0.05, 0.1) is 26.9 Å². The van der Waals surface area contributed by atoms with Crippen LogP contribution in [0, 0.1) is 4.77 Å². The van der Waals surface area contributed by atoms with E-state index >= 15 is 0 Å². The number of Topliss-reactive ketones (excluding diaryl/α,β-unsaturated/α-hetero) is 1. The second kappa shape index (κ2) is 17.9. The number of rotatable bonds is 6. The summed E-state index contributed by atoms with van der Waals surface area (Å²) >= 11 is 14.2. The van der Waals surface area contributed by atoms with E-state index in [0.717, 1.165) is 10.6 Å². The van der Waals surface area contributed by atoms with E-state index < -0.39 is 12.0 Å². The molecule has 38 heavy (non-hydrogen) atoms. The molecule has 4 aromatic heterocycles. The van der Waals surface area contributed by atoms with Crippen LogP contribution in [0.15, 0.2) is 63.4 Å². The van der Waals surface area contributed by atoms with Crippen molar-refractivity contribution in [2.75, 3.05) is 6.61 Å². The van der Waals surface area contributed by atoms with Crippen molar-refractivity contribution in [1.82, 2.24) is 9.97 Å². The van der Waals surface area contributed by atoms with Gasteiger partial charge in [-0.05, 0) is 65.1 Å². The van der Waals surface area contributed by atoms with Gasteiger partial charge in [0.2, 0.25) is 0 Å². The summed E-state index contributed by atoms with van der Waals surface area (Å²) in [7, 11) is 0. The fourth-order valence-electron chi connectivity index (χ4n) is 2.29. The van der Waals surface area contributed by atoms with Crippen LogP contribution in [0.1, 0.15) is 32.7 Å². The Morgan fingerprint density at radius 2 is 1.50 bits per heavy atom. The van der Waals surface area contributed by atoms with E-state index in [1.807, 2.05) is 22.9 Å². The summed E-state index contributed by atoms with van der Waals surface area (Å²) in [6.07, 6.45) is -0.158. The number of ketones is 1. The molecule has 202 valence electrons. The number of carbonyl (C=O) groups excluding carboxylic acids is 4. The Balaban J connectivity index is 0.000000273. The maximum Gasteiger partial charge on any atom is 0.313 e. The number of esters is 1. The van der Waals surface area contributed by atoms with Gasteiger partial charge in [0.15, 0.2) is 10.6 Å². The predicted molar refractivity (Wildman–Crippen MR) is 154 cm³/mol. The number of urea groups is 1. The Kier molecular flexibility index (Phi) is 15.4. The number of aromatic amines is 2. The Morgan fingerprint density at radius 1 is 0.947 bits per heavy atom. The number of thiophene rings is 3. The van der Waals surface area contributed by atoms with Gasteiger partial charge >= 0.3 is 12.0 Å². The van der Waals surface area contributed by atoms with Crippen LogP contribution in [0.4, 0.5) is 4.79 Å². The van der Waals surface area contributed by atoms with Gasteiger partial charge in [0.25, 0.3) is 10.8 Å². The van der Waals surface area contributed by atoms with Gasteiger partial charge in [-0.2, -0.15) is 0 Å². The molecule has 4 heterocycles. The van der Waals surface area contributed by atoms with Gasteiger partial charge in [-0.1, -0.05) is 18.2 Å². The van der Waals surface area contributed by atoms with E-state index in [-0.39, 0.29) is 23.0 Å². The van der Waals surface area contributed by atoms with E-state index in [2.05, 4.69) is 26.2 Å². The van der Waals surface area contributed by atoms with Crippen LogP contribution >= 0.6 is 57.8 Å². The Bertz CT molecular complexity index is 1370. The summed E-state index contributed by atoms with van der Waals surface area (Å²) in [5.41, 5.74) is 9.09. The topological polar surface area (TPSA) is 178 Å². The molecule has 0 fully saturated rings. The average molecular weight is 615 g/mol. The van der Waals surface area contributed by atoms with Gasteiger partial charge < -0.3 is 21.2 Å². The van der Waals surface area contributed by atoms with Crippen molar-refractivity contribution in [2.45, 2.75) is 13.3 Å². The molecule has 0 spiro atoms. The van der Waals surface area contributed by atoms with E-state index in [1.54, 1.807) is 47.9 Å². The number of ether oxygens (including phenoxy) is 1. The van der Waals surface area contributed by atoms with Crippen molar-refractivity contribution < 1.29 is 23.9 Å². The number of halogens is 1. The quantitative estimate of drug-likeness (QED) is 0.0758. The molecule has 0 aliphatic heterocycles. The number of primary amides is 2. The zero-order valence-electron chi connectivity index (χ0n) is 19.8. The predicted octanol–water partition coefficient (Wildman–Crippen LogP) is 5.20. The monoisotopic (exact) mass is 614 g/mol. The number of hydrogen-bond acceptors (Lipinski definition) is 10. The molecule has 2 amide bonds. The highest BCUT2D eigenvalue weighted by Gasteiger charge is 2.12. The summed E-state index contributed by atoms with van der Waals surface area (Å²) < 4.78 is 5.01. The highest BCUT2D eigenvalue weighted by Crippen LogP contribution is 2.20. The fraction of sp³-hybridized carbons (Fsp3) is 0.130. The summed E-state index contributed by atoms with van der Waals surface area (Å²) in [4.78, 5) is 60.2. The third kappa shape index (κ3) is 13.8. The number of nitrogens with one attached hydrogen (secondary N) is 2. The van der Waals surface area contributed by atoms with Gasteiger partial charge in [0, 0.05) is 6.07 Å². The molecule has 0 saturated heterocycles.